The molecule has 10 N–H and O–H groups in total. The SMILES string of the molecule is Cc1cc(N)nc(C)c1CN.Cc1cc(N)nc(C)c1CNC(=O)c1ccnc(Cc2ccc3ncc(CO)cc3c2)c1.O=C(O)c1ccnc(Cc2ccc3ncc(CO)cc3c2)c1. The number of carbonyl (C=O) groups is 2. The molecule has 332 valence electrons. The summed E-state index contributed by atoms with van der Waals surface area (Å²) in [7, 11) is 0. The van der Waals surface area contributed by atoms with Gasteiger partial charge in [0.2, 0.25) is 0 Å². The number of pyridine rings is 6. The van der Waals surface area contributed by atoms with E-state index in [9.17, 15) is 19.8 Å². The summed E-state index contributed by atoms with van der Waals surface area (Å²) < 4.78 is 0. The van der Waals surface area contributed by atoms with E-state index in [1.165, 1.54) is 12.3 Å². The number of carbonyl (C=O) groups excluding carboxylic acids is 1. The zero-order valence-corrected chi connectivity index (χ0v) is 36.7. The number of carboxylic acid groups (broad SMARTS) is 1. The highest BCUT2D eigenvalue weighted by molar-refractivity contribution is 5.94. The van der Waals surface area contributed by atoms with E-state index >= 15 is 0 Å². The van der Waals surface area contributed by atoms with Crippen molar-refractivity contribution >= 4 is 45.3 Å². The lowest BCUT2D eigenvalue weighted by molar-refractivity contribution is 0.0696. The first kappa shape index (κ1) is 46.8. The van der Waals surface area contributed by atoms with Gasteiger partial charge in [0.25, 0.3) is 5.91 Å². The molecule has 0 atom stereocenters. The van der Waals surface area contributed by atoms with Gasteiger partial charge in [0, 0.05) is 89.8 Å². The summed E-state index contributed by atoms with van der Waals surface area (Å²) in [6.07, 6.45) is 7.61. The maximum atomic E-state index is 12.7. The third-order valence-electron chi connectivity index (χ3n) is 10.7. The summed E-state index contributed by atoms with van der Waals surface area (Å²) in [4.78, 5) is 49.4. The molecule has 0 radical (unpaired) electrons. The number of aryl methyl sites for hydroxylation is 4. The van der Waals surface area contributed by atoms with Crippen molar-refractivity contribution in [1.29, 1.82) is 0 Å². The number of fused-ring (bicyclic) bond motifs is 2. The van der Waals surface area contributed by atoms with Crippen molar-refractivity contribution in [3.63, 3.8) is 0 Å². The van der Waals surface area contributed by atoms with E-state index in [1.807, 2.05) is 94.4 Å². The van der Waals surface area contributed by atoms with Crippen molar-refractivity contribution in [1.82, 2.24) is 35.2 Å². The predicted molar refractivity (Wildman–Crippen MR) is 252 cm³/mol. The fourth-order valence-corrected chi connectivity index (χ4v) is 7.31. The van der Waals surface area contributed by atoms with Gasteiger partial charge in [-0.05, 0) is 145 Å². The van der Waals surface area contributed by atoms with E-state index < -0.39 is 5.97 Å². The normalized spacial score (nSPS) is 10.8. The number of aromatic carboxylic acids is 1. The Bertz CT molecular complexity index is 2950. The minimum Gasteiger partial charge on any atom is -0.478 e. The standard InChI is InChI=1S/C25H25N5O2.C17H14N2O3.C8H13N3/c1-15-7-24(26)30-16(2)22(15)13-29-25(32)19-5-6-27-21(11-19)10-17-3-4-23-20(8-17)9-18(14-31)12-28-23;20-10-12-6-14-5-11(1-2-16(14)19-9-12)7-15-8-13(17(21)22)3-4-18-15;1-5-3-8(10)11-6(2)7(5)4-9/h3-9,11-12,31H,10,13-14H2,1-2H3,(H2,26,30)(H,29,32);1-6,8-9,20H,7,10H2,(H,21,22);3H,4,9H2,1-2H3,(H2,10,11). The number of benzene rings is 2. The van der Waals surface area contributed by atoms with Gasteiger partial charge >= 0.3 is 5.97 Å². The van der Waals surface area contributed by atoms with Crippen molar-refractivity contribution in [2.45, 2.75) is 66.8 Å². The summed E-state index contributed by atoms with van der Waals surface area (Å²) in [6.45, 7) is 8.58. The average Bonchev–Trinajstić information content (AvgIpc) is 3.28. The molecule has 0 saturated heterocycles. The quantitative estimate of drug-likeness (QED) is 0.0743. The molecule has 65 heavy (non-hydrogen) atoms. The second-order valence-electron chi connectivity index (χ2n) is 15.5. The van der Waals surface area contributed by atoms with Crippen LogP contribution in [0.4, 0.5) is 11.6 Å². The van der Waals surface area contributed by atoms with Gasteiger partial charge in [-0.1, -0.05) is 12.1 Å². The largest absolute Gasteiger partial charge is 0.478 e. The van der Waals surface area contributed by atoms with Crippen molar-refractivity contribution in [3.8, 4) is 0 Å². The maximum Gasteiger partial charge on any atom is 0.335 e. The molecule has 6 aromatic heterocycles. The number of aromatic nitrogens is 6. The highest BCUT2D eigenvalue weighted by atomic mass is 16.4. The number of nitrogens with zero attached hydrogens (tertiary/aromatic N) is 6. The van der Waals surface area contributed by atoms with Gasteiger partial charge in [0.05, 0.1) is 29.8 Å². The van der Waals surface area contributed by atoms with Gasteiger partial charge in [-0.2, -0.15) is 0 Å². The van der Waals surface area contributed by atoms with Crippen LogP contribution < -0.4 is 22.5 Å². The van der Waals surface area contributed by atoms with Crippen LogP contribution in [0.3, 0.4) is 0 Å². The van der Waals surface area contributed by atoms with Gasteiger partial charge in [0.1, 0.15) is 11.6 Å². The fourth-order valence-electron chi connectivity index (χ4n) is 7.31. The van der Waals surface area contributed by atoms with Crippen molar-refractivity contribution in [2.24, 2.45) is 5.73 Å². The van der Waals surface area contributed by atoms with Crippen LogP contribution >= 0.6 is 0 Å². The van der Waals surface area contributed by atoms with Gasteiger partial charge in [-0.15, -0.1) is 0 Å². The molecule has 15 nitrogen and oxygen atoms in total. The van der Waals surface area contributed by atoms with Gasteiger partial charge in [0.15, 0.2) is 0 Å². The predicted octanol–water partition coefficient (Wildman–Crippen LogP) is 6.39. The molecular formula is C50H52N10O5. The monoisotopic (exact) mass is 872 g/mol. The van der Waals surface area contributed by atoms with Crippen LogP contribution in [0.2, 0.25) is 0 Å². The Balaban J connectivity index is 0.000000182. The number of anilines is 2. The molecule has 0 aliphatic carbocycles. The second-order valence-corrected chi connectivity index (χ2v) is 15.5. The van der Waals surface area contributed by atoms with Crippen LogP contribution in [-0.2, 0) is 39.1 Å². The Morgan fingerprint density at radius 1 is 0.585 bits per heavy atom. The zero-order chi connectivity index (χ0) is 46.6. The Morgan fingerprint density at radius 3 is 1.51 bits per heavy atom. The smallest absolute Gasteiger partial charge is 0.335 e. The number of nitrogens with one attached hydrogen (secondary N) is 1. The number of aliphatic hydroxyl groups is 2. The summed E-state index contributed by atoms with van der Waals surface area (Å²) in [5.74, 6) is -0.0818. The van der Waals surface area contributed by atoms with Crippen LogP contribution in [0.15, 0.2) is 110 Å². The van der Waals surface area contributed by atoms with Gasteiger partial charge < -0.3 is 37.8 Å². The Kier molecular flexibility index (Phi) is 15.5. The summed E-state index contributed by atoms with van der Waals surface area (Å²) >= 11 is 0. The molecular weight excluding hydrogens is 821 g/mol. The zero-order valence-electron chi connectivity index (χ0n) is 36.7. The first-order chi connectivity index (χ1) is 31.2. The molecule has 0 fully saturated rings. The van der Waals surface area contributed by atoms with E-state index in [2.05, 4.69) is 35.2 Å². The number of amides is 1. The van der Waals surface area contributed by atoms with Crippen LogP contribution in [0, 0.1) is 27.7 Å². The topological polar surface area (TPSA) is 262 Å². The van der Waals surface area contributed by atoms with Crippen LogP contribution in [0.5, 0.6) is 0 Å². The molecule has 0 aliphatic rings. The van der Waals surface area contributed by atoms with E-state index in [4.69, 9.17) is 22.3 Å². The molecule has 0 saturated carbocycles. The Hall–Kier alpha value is -7.72. The number of aliphatic hydroxyl groups excluding tert-OH is 2. The summed E-state index contributed by atoms with van der Waals surface area (Å²) in [5, 5.41) is 32.4. The van der Waals surface area contributed by atoms with E-state index in [-0.39, 0.29) is 24.7 Å². The number of rotatable bonds is 11. The first-order valence-corrected chi connectivity index (χ1v) is 20.8. The molecule has 0 bridgehead atoms. The highest BCUT2D eigenvalue weighted by Crippen LogP contribution is 2.21. The molecule has 0 unspecified atom stereocenters. The Morgan fingerprint density at radius 2 is 1.05 bits per heavy atom. The minimum absolute atomic E-state index is 0.0443. The molecule has 2 aromatic carbocycles. The van der Waals surface area contributed by atoms with Crippen LogP contribution in [-0.4, -0.2) is 57.1 Å². The van der Waals surface area contributed by atoms with Crippen molar-refractivity contribution in [3.05, 3.63) is 188 Å². The van der Waals surface area contributed by atoms with E-state index in [1.54, 1.807) is 30.7 Å². The van der Waals surface area contributed by atoms with Gasteiger partial charge in [-0.3, -0.25) is 24.7 Å². The Labute approximate surface area is 376 Å². The number of carboxylic acids is 1. The maximum absolute atomic E-state index is 12.7. The van der Waals surface area contributed by atoms with E-state index in [0.29, 0.717) is 48.8 Å². The molecule has 8 rings (SSSR count). The van der Waals surface area contributed by atoms with Crippen LogP contribution in [0.25, 0.3) is 21.8 Å². The molecule has 8 aromatic rings. The number of hydrogen-bond acceptors (Lipinski definition) is 13. The third kappa shape index (κ3) is 12.5. The average molecular weight is 873 g/mol. The lowest BCUT2D eigenvalue weighted by Crippen LogP contribution is -2.24. The van der Waals surface area contributed by atoms with Crippen LogP contribution in [0.1, 0.15) is 88.0 Å². The lowest BCUT2D eigenvalue weighted by atomic mass is 10.0. The minimum atomic E-state index is -0.959. The van der Waals surface area contributed by atoms with Crippen molar-refractivity contribution < 1.29 is 24.9 Å². The lowest BCUT2D eigenvalue weighted by Gasteiger charge is -2.12. The third-order valence-corrected chi connectivity index (χ3v) is 10.7. The molecule has 1 amide bonds. The second kappa shape index (κ2) is 21.6. The summed E-state index contributed by atoms with van der Waals surface area (Å²) in [5.41, 5.74) is 30.4. The number of hydrogen-bond donors (Lipinski definition) is 7. The van der Waals surface area contributed by atoms with Gasteiger partial charge in [-0.25, -0.2) is 14.8 Å². The first-order valence-electron chi connectivity index (χ1n) is 20.8. The number of nitrogen functional groups attached to an aromatic ring is 2. The highest BCUT2D eigenvalue weighted by Gasteiger charge is 2.12. The molecule has 0 aliphatic heterocycles. The van der Waals surface area contributed by atoms with E-state index in [0.717, 1.165) is 83.4 Å². The fraction of sp³-hybridized carbons (Fsp3) is 0.200. The summed E-state index contributed by atoms with van der Waals surface area (Å²) in [6, 6.07) is 25.9. The number of nitrogens with two attached hydrogens (primary N) is 3. The van der Waals surface area contributed by atoms with Crippen molar-refractivity contribution in [2.75, 3.05) is 11.5 Å². The molecule has 6 heterocycles. The molecule has 0 spiro atoms. The molecule has 15 heteroatoms.